The molecule has 3 heterocycles. The van der Waals surface area contributed by atoms with Crippen LogP contribution in [0, 0.1) is 0 Å². The Bertz CT molecular complexity index is 4160. The van der Waals surface area contributed by atoms with Gasteiger partial charge in [-0.3, -0.25) is 14.4 Å². The van der Waals surface area contributed by atoms with E-state index in [2.05, 4.69) is 50.1 Å². The van der Waals surface area contributed by atoms with Crippen molar-refractivity contribution in [1.29, 1.82) is 0 Å². The first-order chi connectivity index (χ1) is 54.0. The molecule has 0 aromatic heterocycles. The first-order valence-corrected chi connectivity index (χ1v) is 43.8. The molecule has 0 aliphatic carbocycles. The number of carbonyl (C=O) groups is 4. The molecule has 113 heavy (non-hydrogen) atoms. The van der Waals surface area contributed by atoms with Crippen molar-refractivity contribution in [3.63, 3.8) is 0 Å². The number of halogens is 6. The van der Waals surface area contributed by atoms with Crippen molar-refractivity contribution in [1.82, 2.24) is 50.1 Å². The minimum atomic E-state index is -3.90. The standard InChI is InChI=1S/C77H99Cl6N11O16S3/c1-92-46-64(61-40-55(78)43-70(81)67(61)49-92)52-7-4-10-58(37-52)111(99,100)88-22-28-108-34-31-105-25-19-85-73(95)13-16-77(91-76(84)98,17-14-74(96)86-20-26-106-32-35-109-29-23-89-112(101,102)59-11-5-8-53(38-59)65-47-93(2)50-68-62(65)41-56(79)44-71(68)82)18-15-75(97)87-21-27-107-33-36-110-30-24-90-113(103,104)60-12-6-9-54(39-60)66-48-94(3)51-69-63(66)42-57(80)45-72(69)83/h4-12,37-45,64-66,88-90H,13-36,46-51H2,1-3H3,(H,85,95)(H,86,96)(H,87,97)(H3,84,91,98)/t64-,65-,66-/m0/s1. The fraction of sp³-hybridized carbons (Fsp3) is 0.481. The van der Waals surface area contributed by atoms with Gasteiger partial charge in [0, 0.05) is 151 Å². The van der Waals surface area contributed by atoms with Crippen LogP contribution < -0.4 is 41.2 Å². The number of nitrogens with zero attached hydrogens (tertiary/aromatic N) is 3. The summed E-state index contributed by atoms with van der Waals surface area (Å²) in [5.41, 5.74) is 12.6. The Balaban J connectivity index is 0.676. The molecular formula is C77H99Cl6N11O16S3. The summed E-state index contributed by atoms with van der Waals surface area (Å²) in [5, 5.41) is 14.3. The molecule has 3 aliphatic rings. The number of carbonyl (C=O) groups excluding carboxylic acids is 4. The molecule has 3 atom stereocenters. The second-order valence-electron chi connectivity index (χ2n) is 28.0. The van der Waals surface area contributed by atoms with Crippen LogP contribution in [0.1, 0.15) is 106 Å². The average Bonchev–Trinajstić information content (AvgIpc) is 0.781. The largest absolute Gasteiger partial charge is 0.378 e. The molecule has 36 heteroatoms. The fourth-order valence-corrected chi connectivity index (χ4v) is 18.9. The summed E-state index contributed by atoms with van der Waals surface area (Å²) >= 11 is 38.9. The predicted octanol–water partition coefficient (Wildman–Crippen LogP) is 8.77. The lowest BCUT2D eigenvalue weighted by molar-refractivity contribution is -0.121. The van der Waals surface area contributed by atoms with Gasteiger partial charge < -0.3 is 70.1 Å². The van der Waals surface area contributed by atoms with Crippen LogP contribution in [0.15, 0.2) is 124 Å². The van der Waals surface area contributed by atoms with Crippen molar-refractivity contribution in [3.8, 4) is 0 Å². The van der Waals surface area contributed by atoms with Crippen molar-refractivity contribution in [2.75, 3.05) is 159 Å². The quantitative estimate of drug-likeness (QED) is 0.0165. The van der Waals surface area contributed by atoms with Gasteiger partial charge in [-0.2, -0.15) is 0 Å². The maximum atomic E-state index is 13.4. The number of sulfonamides is 3. The molecule has 5 amide bonds. The van der Waals surface area contributed by atoms with Crippen molar-refractivity contribution in [2.24, 2.45) is 5.73 Å². The van der Waals surface area contributed by atoms with E-state index in [9.17, 15) is 44.4 Å². The van der Waals surface area contributed by atoms with E-state index in [-0.39, 0.29) is 190 Å². The highest BCUT2D eigenvalue weighted by Crippen LogP contribution is 2.42. The number of ether oxygens (including phenoxy) is 6. The van der Waals surface area contributed by atoms with Crippen LogP contribution in [0.4, 0.5) is 4.79 Å². The maximum Gasteiger partial charge on any atom is 0.312 e. The molecule has 618 valence electrons. The third-order valence-electron chi connectivity index (χ3n) is 19.5. The molecule has 6 aromatic carbocycles. The summed E-state index contributed by atoms with van der Waals surface area (Å²) < 4.78 is 122. The maximum absolute atomic E-state index is 13.4. The van der Waals surface area contributed by atoms with Crippen LogP contribution in [-0.2, 0) is 92.5 Å². The normalized spacial score (nSPS) is 16.3. The third-order valence-corrected chi connectivity index (χ3v) is 25.5. The lowest BCUT2D eigenvalue weighted by Gasteiger charge is -2.34. The number of fused-ring (bicyclic) bond motifs is 3. The summed E-state index contributed by atoms with van der Waals surface area (Å²) in [4.78, 5) is 59.4. The summed E-state index contributed by atoms with van der Waals surface area (Å²) in [6.45, 7) is 5.43. The Morgan fingerprint density at radius 1 is 0.398 bits per heavy atom. The number of amides is 5. The molecule has 9 rings (SSSR count). The lowest BCUT2D eigenvalue weighted by atomic mass is 9.83. The van der Waals surface area contributed by atoms with Gasteiger partial charge in [0.15, 0.2) is 0 Å². The molecule has 0 radical (unpaired) electrons. The van der Waals surface area contributed by atoms with Crippen LogP contribution in [0.3, 0.4) is 0 Å². The lowest BCUT2D eigenvalue weighted by Crippen LogP contribution is -2.52. The monoisotopic (exact) mass is 1740 g/mol. The third kappa shape index (κ3) is 27.9. The van der Waals surface area contributed by atoms with Crippen molar-refractivity contribution >= 4 is 123 Å². The zero-order chi connectivity index (χ0) is 81.3. The van der Waals surface area contributed by atoms with E-state index in [1.807, 2.05) is 57.5 Å². The zero-order valence-corrected chi connectivity index (χ0v) is 70.3. The van der Waals surface area contributed by atoms with Gasteiger partial charge in [-0.15, -0.1) is 0 Å². The van der Waals surface area contributed by atoms with Crippen LogP contribution in [-0.4, -0.2) is 229 Å². The van der Waals surface area contributed by atoms with E-state index in [0.29, 0.717) is 69.4 Å². The Hall–Kier alpha value is -5.89. The Labute approximate surface area is 692 Å². The topological polar surface area (TPSA) is 346 Å². The van der Waals surface area contributed by atoms with Gasteiger partial charge in [-0.05, 0) is 163 Å². The Morgan fingerprint density at radius 2 is 0.664 bits per heavy atom. The second kappa shape index (κ2) is 44.1. The number of urea groups is 1. The molecule has 0 unspecified atom stereocenters. The van der Waals surface area contributed by atoms with Gasteiger partial charge in [-0.1, -0.05) is 106 Å². The number of hydrogen-bond acceptors (Lipinski definition) is 19. The minimum absolute atomic E-state index is 0.00541. The summed E-state index contributed by atoms with van der Waals surface area (Å²) in [5.74, 6) is -1.69. The highest BCUT2D eigenvalue weighted by atomic mass is 35.5. The fourth-order valence-electron chi connectivity index (χ4n) is 14.0. The highest BCUT2D eigenvalue weighted by molar-refractivity contribution is 7.90. The SMILES string of the molecule is CN1Cc2c(Cl)cc(Cl)cc2[C@H](c2cccc(S(=O)(=O)NCCOCCOCCNC(=O)CCC(CCC(=O)NCCOCCOCCNS(=O)(=O)c3cccc([C@@H]4CN(C)Cc5c(Cl)cc(Cl)cc54)c3)(CCC(=O)NCCOCCOCCNS(=O)(=O)c3cccc([C@@H]4CN(C)Cc5c(Cl)cc(Cl)cc54)c3)NC(N)=O)c2)C1. The second-order valence-corrected chi connectivity index (χ2v) is 35.9. The molecular weight excluding hydrogens is 1640 g/mol. The van der Waals surface area contributed by atoms with Gasteiger partial charge in [0.05, 0.1) is 94.0 Å². The van der Waals surface area contributed by atoms with E-state index in [4.69, 9.17) is 104 Å². The van der Waals surface area contributed by atoms with Crippen LogP contribution in [0.5, 0.6) is 0 Å². The molecule has 6 aromatic rings. The number of rotatable bonds is 46. The minimum Gasteiger partial charge on any atom is -0.378 e. The van der Waals surface area contributed by atoms with Gasteiger partial charge >= 0.3 is 6.03 Å². The smallest absolute Gasteiger partial charge is 0.312 e. The summed E-state index contributed by atoms with van der Waals surface area (Å²) in [6.07, 6.45) is -0.473. The van der Waals surface area contributed by atoms with Gasteiger partial charge in [0.2, 0.25) is 47.8 Å². The number of nitrogens with one attached hydrogen (secondary N) is 7. The molecule has 0 saturated heterocycles. The van der Waals surface area contributed by atoms with Crippen LogP contribution in [0.2, 0.25) is 30.1 Å². The first-order valence-electron chi connectivity index (χ1n) is 37.1. The number of primary amides is 1. The zero-order valence-electron chi connectivity index (χ0n) is 63.3. The van der Waals surface area contributed by atoms with E-state index >= 15 is 0 Å². The number of hydrogen-bond donors (Lipinski definition) is 8. The summed E-state index contributed by atoms with van der Waals surface area (Å²) in [6, 6.07) is 30.2. The van der Waals surface area contributed by atoms with Crippen molar-refractivity contribution in [3.05, 3.63) is 189 Å². The van der Waals surface area contributed by atoms with Gasteiger partial charge in [0.1, 0.15) is 0 Å². The number of nitrogens with two attached hydrogens (primary N) is 1. The molecule has 0 spiro atoms. The van der Waals surface area contributed by atoms with E-state index in [0.717, 1.165) is 50.1 Å². The summed E-state index contributed by atoms with van der Waals surface area (Å²) in [7, 11) is -5.77. The number of benzene rings is 6. The van der Waals surface area contributed by atoms with Crippen LogP contribution in [0.25, 0.3) is 0 Å². The molecule has 0 bridgehead atoms. The van der Waals surface area contributed by atoms with E-state index in [1.165, 1.54) is 18.2 Å². The van der Waals surface area contributed by atoms with Crippen molar-refractivity contribution < 1.29 is 72.9 Å². The van der Waals surface area contributed by atoms with Crippen LogP contribution >= 0.6 is 69.6 Å². The molecule has 27 nitrogen and oxygen atoms in total. The molecule has 9 N–H and O–H groups in total. The van der Waals surface area contributed by atoms with E-state index < -0.39 is 59.4 Å². The van der Waals surface area contributed by atoms with Gasteiger partial charge in [0.25, 0.3) is 0 Å². The molecule has 0 fully saturated rings. The van der Waals surface area contributed by atoms with Gasteiger partial charge in [-0.25, -0.2) is 44.2 Å². The van der Waals surface area contributed by atoms with E-state index in [1.54, 1.807) is 54.6 Å². The number of likely N-dealkylation sites (N-methyl/N-ethyl adjacent to an activating group) is 3. The average molecular weight is 1740 g/mol. The highest BCUT2D eigenvalue weighted by Gasteiger charge is 2.35. The Morgan fingerprint density at radius 3 is 0.929 bits per heavy atom. The first kappa shape index (κ1) is 91.0. The molecule has 3 aliphatic heterocycles. The molecule has 0 saturated carbocycles. The Kier molecular flexibility index (Phi) is 35.5. The predicted molar refractivity (Wildman–Crippen MR) is 436 cm³/mol. The van der Waals surface area contributed by atoms with Crippen molar-refractivity contribution in [2.45, 2.75) is 96.1 Å².